The molecule has 1 aromatic carbocycles. The van der Waals surface area contributed by atoms with Crippen LogP contribution in [0.4, 0.5) is 15.9 Å². The van der Waals surface area contributed by atoms with Crippen LogP contribution >= 0.6 is 0 Å². The summed E-state index contributed by atoms with van der Waals surface area (Å²) in [4.78, 5) is 16.8. The SMILES string of the molecule is Cc1c(C(=O)N=S(C)(C)=O)cn2ncnc(Nc3ccc(F)cc3O[C@H]3CCOC3)c12. The van der Waals surface area contributed by atoms with Crippen LogP contribution in [-0.2, 0) is 14.5 Å². The van der Waals surface area contributed by atoms with Crippen molar-refractivity contribution in [1.82, 2.24) is 14.6 Å². The summed E-state index contributed by atoms with van der Waals surface area (Å²) in [6, 6.07) is 4.18. The van der Waals surface area contributed by atoms with Crippen LogP contribution in [0.15, 0.2) is 35.1 Å². The number of nitrogens with zero attached hydrogens (tertiary/aromatic N) is 4. The molecule has 2 aromatic heterocycles. The molecule has 9 nitrogen and oxygen atoms in total. The van der Waals surface area contributed by atoms with E-state index < -0.39 is 21.5 Å². The number of nitrogens with one attached hydrogen (secondary N) is 1. The number of hydrogen-bond acceptors (Lipinski definition) is 7. The van der Waals surface area contributed by atoms with E-state index in [0.29, 0.717) is 41.5 Å². The van der Waals surface area contributed by atoms with E-state index in [1.807, 2.05) is 0 Å². The average molecular weight is 447 g/mol. The molecule has 1 saturated heterocycles. The first-order valence-corrected chi connectivity index (χ1v) is 11.9. The van der Waals surface area contributed by atoms with Gasteiger partial charge in [-0.15, -0.1) is 0 Å². The standard InChI is InChI=1S/C20H22FN5O4S/c1-12-15(20(27)25-31(2,3)28)9-26-18(12)19(22-11-23-26)24-16-5-4-13(21)8-17(16)30-14-6-7-29-10-14/h4-5,8-9,11,14H,6-7,10H2,1-3H3,(H,22,23,24)/t14-/m0/s1. The van der Waals surface area contributed by atoms with Gasteiger partial charge < -0.3 is 14.8 Å². The molecule has 3 heterocycles. The van der Waals surface area contributed by atoms with Crippen LogP contribution in [0.25, 0.3) is 5.52 Å². The number of fused-ring (bicyclic) bond motifs is 1. The summed E-state index contributed by atoms with van der Waals surface area (Å²) < 4.78 is 42.3. The molecule has 11 heteroatoms. The highest BCUT2D eigenvalue weighted by Crippen LogP contribution is 2.32. The Morgan fingerprint density at radius 3 is 2.94 bits per heavy atom. The van der Waals surface area contributed by atoms with Crippen molar-refractivity contribution in [2.45, 2.75) is 19.4 Å². The number of aromatic nitrogens is 3. The Balaban J connectivity index is 1.73. The highest BCUT2D eigenvalue weighted by Gasteiger charge is 2.21. The van der Waals surface area contributed by atoms with E-state index in [4.69, 9.17) is 9.47 Å². The summed E-state index contributed by atoms with van der Waals surface area (Å²) in [6.45, 7) is 2.78. The highest BCUT2D eigenvalue weighted by molar-refractivity contribution is 7.92. The molecule has 1 fully saturated rings. The smallest absolute Gasteiger partial charge is 0.286 e. The zero-order valence-electron chi connectivity index (χ0n) is 17.3. The van der Waals surface area contributed by atoms with Gasteiger partial charge in [-0.1, -0.05) is 0 Å². The third kappa shape index (κ3) is 4.67. The van der Waals surface area contributed by atoms with Crippen LogP contribution in [-0.4, -0.2) is 56.5 Å². The van der Waals surface area contributed by atoms with Gasteiger partial charge in [0, 0.05) is 40.9 Å². The Morgan fingerprint density at radius 1 is 1.42 bits per heavy atom. The lowest BCUT2D eigenvalue weighted by molar-refractivity contribution is 0.100. The molecule has 1 aliphatic heterocycles. The van der Waals surface area contributed by atoms with E-state index in [0.717, 1.165) is 6.42 Å². The lowest BCUT2D eigenvalue weighted by Gasteiger charge is -2.17. The molecule has 0 spiro atoms. The second-order valence-electron chi connectivity index (χ2n) is 7.52. The van der Waals surface area contributed by atoms with Crippen molar-refractivity contribution in [1.29, 1.82) is 0 Å². The van der Waals surface area contributed by atoms with E-state index >= 15 is 0 Å². The highest BCUT2D eigenvalue weighted by atomic mass is 32.2. The molecule has 0 unspecified atom stereocenters. The van der Waals surface area contributed by atoms with Gasteiger partial charge in [-0.05, 0) is 24.6 Å². The lowest BCUT2D eigenvalue weighted by atomic mass is 10.2. The monoisotopic (exact) mass is 447 g/mol. The topological polar surface area (TPSA) is 107 Å². The summed E-state index contributed by atoms with van der Waals surface area (Å²) >= 11 is 0. The zero-order chi connectivity index (χ0) is 22.2. The molecule has 1 atom stereocenters. The molecule has 0 saturated carbocycles. The van der Waals surface area contributed by atoms with Gasteiger partial charge in [0.15, 0.2) is 5.82 Å². The minimum Gasteiger partial charge on any atom is -0.486 e. The van der Waals surface area contributed by atoms with Gasteiger partial charge in [0.2, 0.25) is 0 Å². The minimum absolute atomic E-state index is 0.161. The van der Waals surface area contributed by atoms with Gasteiger partial charge in [0.05, 0.1) is 24.5 Å². The Morgan fingerprint density at radius 2 is 2.23 bits per heavy atom. The molecule has 164 valence electrons. The molecule has 1 aliphatic rings. The number of rotatable bonds is 5. The number of ether oxygens (including phenoxy) is 2. The lowest BCUT2D eigenvalue weighted by Crippen LogP contribution is -2.16. The number of halogens is 1. The molecule has 31 heavy (non-hydrogen) atoms. The van der Waals surface area contributed by atoms with Crippen LogP contribution in [0.5, 0.6) is 5.75 Å². The van der Waals surface area contributed by atoms with Crippen LogP contribution < -0.4 is 10.1 Å². The molecule has 4 rings (SSSR count). The molecular weight excluding hydrogens is 425 g/mol. The van der Waals surface area contributed by atoms with E-state index in [9.17, 15) is 13.4 Å². The Kier molecular flexibility index (Phi) is 5.63. The van der Waals surface area contributed by atoms with Gasteiger partial charge in [-0.3, -0.25) is 4.79 Å². The molecule has 3 aromatic rings. The Bertz CT molecular complexity index is 1270. The fourth-order valence-corrected chi connectivity index (χ4v) is 3.82. The van der Waals surface area contributed by atoms with Crippen LogP contribution in [0.1, 0.15) is 22.3 Å². The third-order valence-corrected chi connectivity index (χ3v) is 5.34. The Labute approximate surface area is 178 Å². The maximum absolute atomic E-state index is 13.9. The fourth-order valence-electron chi connectivity index (χ4n) is 3.33. The Hall–Kier alpha value is -3.05. The van der Waals surface area contributed by atoms with Crippen molar-refractivity contribution >= 4 is 32.7 Å². The predicted octanol–water partition coefficient (Wildman–Crippen LogP) is 2.96. The zero-order valence-corrected chi connectivity index (χ0v) is 18.1. The predicted molar refractivity (Wildman–Crippen MR) is 114 cm³/mol. The van der Waals surface area contributed by atoms with E-state index in [1.54, 1.807) is 13.0 Å². The number of amides is 1. The van der Waals surface area contributed by atoms with E-state index in [-0.39, 0.29) is 11.7 Å². The van der Waals surface area contributed by atoms with Crippen LogP contribution in [0.3, 0.4) is 0 Å². The van der Waals surface area contributed by atoms with Gasteiger partial charge in [0.25, 0.3) is 5.91 Å². The summed E-state index contributed by atoms with van der Waals surface area (Å²) in [5.74, 6) is -0.279. The largest absolute Gasteiger partial charge is 0.486 e. The quantitative estimate of drug-likeness (QED) is 0.641. The van der Waals surface area contributed by atoms with Gasteiger partial charge >= 0.3 is 0 Å². The third-order valence-electron chi connectivity index (χ3n) is 4.74. The minimum atomic E-state index is -2.60. The number of aryl methyl sites for hydroxylation is 1. The van der Waals surface area contributed by atoms with Gasteiger partial charge in [-0.25, -0.2) is 18.1 Å². The number of hydrogen-bond donors (Lipinski definition) is 1. The van der Waals surface area contributed by atoms with E-state index in [2.05, 4.69) is 19.8 Å². The van der Waals surface area contributed by atoms with Crippen molar-refractivity contribution in [3.05, 3.63) is 47.7 Å². The van der Waals surface area contributed by atoms with Crippen molar-refractivity contribution in [2.75, 3.05) is 31.0 Å². The first kappa shape index (κ1) is 21.2. The van der Waals surface area contributed by atoms with Crippen molar-refractivity contribution in [3.63, 3.8) is 0 Å². The molecule has 0 aliphatic carbocycles. The normalized spacial score (nSPS) is 16.5. The van der Waals surface area contributed by atoms with E-state index in [1.165, 1.54) is 41.7 Å². The van der Waals surface area contributed by atoms with Crippen LogP contribution in [0.2, 0.25) is 0 Å². The maximum Gasteiger partial charge on any atom is 0.286 e. The molecule has 0 bridgehead atoms. The number of benzene rings is 1. The van der Waals surface area contributed by atoms with Crippen molar-refractivity contribution < 1.29 is 22.9 Å². The van der Waals surface area contributed by atoms with Crippen molar-refractivity contribution in [3.8, 4) is 5.75 Å². The van der Waals surface area contributed by atoms with Gasteiger partial charge in [-0.2, -0.15) is 9.46 Å². The summed E-state index contributed by atoms with van der Waals surface area (Å²) in [5.41, 5.74) is 1.91. The second-order valence-corrected chi connectivity index (χ2v) is 10.1. The molecule has 1 amide bonds. The van der Waals surface area contributed by atoms with Crippen molar-refractivity contribution in [2.24, 2.45) is 4.36 Å². The summed E-state index contributed by atoms with van der Waals surface area (Å²) in [5, 5.41) is 7.31. The number of carbonyl (C=O) groups is 1. The number of anilines is 2. The summed E-state index contributed by atoms with van der Waals surface area (Å²) in [6.07, 6.45) is 6.21. The fraction of sp³-hybridized carbons (Fsp3) is 0.350. The number of carbonyl (C=O) groups excluding carboxylic acids is 1. The second kappa shape index (κ2) is 8.23. The first-order chi connectivity index (χ1) is 14.7. The molecule has 0 radical (unpaired) electrons. The maximum atomic E-state index is 13.9. The summed E-state index contributed by atoms with van der Waals surface area (Å²) in [7, 11) is -2.60. The first-order valence-electron chi connectivity index (χ1n) is 9.56. The van der Waals surface area contributed by atoms with Gasteiger partial charge in [0.1, 0.15) is 29.5 Å². The molecule has 1 N–H and O–H groups in total. The molecular formula is C20H22FN5O4S. The van der Waals surface area contributed by atoms with Crippen LogP contribution in [0, 0.1) is 12.7 Å². The average Bonchev–Trinajstić information content (AvgIpc) is 3.31.